The first-order chi connectivity index (χ1) is 8.98. The van der Waals surface area contributed by atoms with Crippen molar-refractivity contribution in [3.8, 4) is 0 Å². The monoisotopic (exact) mass is 281 g/mol. The van der Waals surface area contributed by atoms with E-state index in [4.69, 9.17) is 17.3 Å². The number of hydrogen-bond acceptors (Lipinski definition) is 2. The molecule has 1 saturated carbocycles. The van der Waals surface area contributed by atoms with Crippen LogP contribution in [0.1, 0.15) is 49.8 Å². The summed E-state index contributed by atoms with van der Waals surface area (Å²) in [6.07, 6.45) is 3.93. The van der Waals surface area contributed by atoms with Crippen LogP contribution in [0.5, 0.6) is 0 Å². The Labute approximate surface area is 121 Å². The van der Waals surface area contributed by atoms with Crippen molar-refractivity contribution in [2.75, 3.05) is 6.54 Å². The summed E-state index contributed by atoms with van der Waals surface area (Å²) < 4.78 is 0. The van der Waals surface area contributed by atoms with Crippen LogP contribution in [-0.4, -0.2) is 11.7 Å². The number of hydrogen-bond donors (Lipinski definition) is 2. The topological polar surface area (TPSA) is 46.2 Å². The van der Waals surface area contributed by atoms with Crippen molar-refractivity contribution in [1.82, 2.24) is 0 Å². The van der Waals surface area contributed by atoms with Crippen molar-refractivity contribution in [1.29, 1.82) is 0 Å². The second-order valence-electron chi connectivity index (χ2n) is 6.17. The fourth-order valence-corrected chi connectivity index (χ4v) is 3.75. The molecule has 2 nitrogen and oxygen atoms in total. The molecule has 3 unspecified atom stereocenters. The molecule has 1 aromatic carbocycles. The van der Waals surface area contributed by atoms with Gasteiger partial charge in [-0.15, -0.1) is 0 Å². The lowest BCUT2D eigenvalue weighted by atomic mass is 9.65. The standard InChI is InChI=1S/C16H24ClNO/c1-11-4-3-7-16(9-11,10-18)15(19)14-6-5-13(17)8-12(14)2/h5-6,8,11,15,19H,3-4,7,9-10,18H2,1-2H3. The predicted molar refractivity (Wildman–Crippen MR) is 80.3 cm³/mol. The molecule has 0 aliphatic heterocycles. The van der Waals surface area contributed by atoms with Crippen LogP contribution < -0.4 is 5.73 Å². The average Bonchev–Trinajstić information content (AvgIpc) is 2.38. The van der Waals surface area contributed by atoms with Crippen LogP contribution in [0.15, 0.2) is 18.2 Å². The maximum Gasteiger partial charge on any atom is 0.0860 e. The van der Waals surface area contributed by atoms with Gasteiger partial charge in [-0.1, -0.05) is 37.4 Å². The van der Waals surface area contributed by atoms with Gasteiger partial charge in [-0.2, -0.15) is 0 Å². The van der Waals surface area contributed by atoms with Gasteiger partial charge in [-0.05, 0) is 48.9 Å². The highest BCUT2D eigenvalue weighted by molar-refractivity contribution is 6.30. The zero-order chi connectivity index (χ0) is 14.0. The van der Waals surface area contributed by atoms with E-state index in [1.807, 2.05) is 25.1 Å². The Bertz CT molecular complexity index is 448. The molecule has 0 amide bonds. The summed E-state index contributed by atoms with van der Waals surface area (Å²) >= 11 is 5.99. The highest BCUT2D eigenvalue weighted by atomic mass is 35.5. The molecule has 0 radical (unpaired) electrons. The van der Waals surface area contributed by atoms with E-state index in [9.17, 15) is 5.11 Å². The van der Waals surface area contributed by atoms with Crippen molar-refractivity contribution in [2.45, 2.75) is 45.6 Å². The molecule has 0 spiro atoms. The Balaban J connectivity index is 2.32. The quantitative estimate of drug-likeness (QED) is 0.884. The molecule has 0 saturated heterocycles. The van der Waals surface area contributed by atoms with Crippen LogP contribution in [-0.2, 0) is 0 Å². The highest BCUT2D eigenvalue weighted by Gasteiger charge is 2.41. The molecule has 3 atom stereocenters. The number of aliphatic hydroxyl groups is 1. The summed E-state index contributed by atoms with van der Waals surface area (Å²) in [7, 11) is 0. The summed E-state index contributed by atoms with van der Waals surface area (Å²) in [5.74, 6) is 0.638. The largest absolute Gasteiger partial charge is 0.388 e. The van der Waals surface area contributed by atoms with E-state index >= 15 is 0 Å². The van der Waals surface area contributed by atoms with Gasteiger partial charge < -0.3 is 10.8 Å². The zero-order valence-electron chi connectivity index (χ0n) is 11.8. The fourth-order valence-electron chi connectivity index (χ4n) is 3.52. The molecule has 1 aromatic rings. The van der Waals surface area contributed by atoms with Gasteiger partial charge in [0.2, 0.25) is 0 Å². The SMILES string of the molecule is Cc1cc(Cl)ccc1C(O)C1(CN)CCCC(C)C1. The van der Waals surface area contributed by atoms with E-state index in [2.05, 4.69) is 6.92 Å². The minimum atomic E-state index is -0.488. The van der Waals surface area contributed by atoms with Gasteiger partial charge in [0.25, 0.3) is 0 Å². The maximum atomic E-state index is 10.9. The first-order valence-electron chi connectivity index (χ1n) is 7.13. The molecule has 0 aromatic heterocycles. The van der Waals surface area contributed by atoms with E-state index in [0.717, 1.165) is 30.4 Å². The Morgan fingerprint density at radius 2 is 2.26 bits per heavy atom. The molecule has 3 heteroatoms. The minimum Gasteiger partial charge on any atom is -0.388 e. The van der Waals surface area contributed by atoms with Crippen molar-refractivity contribution in [3.05, 3.63) is 34.3 Å². The third-order valence-corrected chi connectivity index (χ3v) is 4.87. The molecule has 0 heterocycles. The number of nitrogens with two attached hydrogens (primary N) is 1. The molecule has 3 N–H and O–H groups in total. The molecular weight excluding hydrogens is 258 g/mol. The third-order valence-electron chi connectivity index (χ3n) is 4.64. The van der Waals surface area contributed by atoms with Crippen molar-refractivity contribution < 1.29 is 5.11 Å². The minimum absolute atomic E-state index is 0.170. The summed E-state index contributed by atoms with van der Waals surface area (Å²) in [5, 5.41) is 11.6. The first-order valence-corrected chi connectivity index (χ1v) is 7.50. The molecule has 1 fully saturated rings. The highest BCUT2D eigenvalue weighted by Crippen LogP contribution is 2.47. The molecule has 0 bridgehead atoms. The molecule has 1 aliphatic carbocycles. The van der Waals surface area contributed by atoms with Gasteiger partial charge in [0.1, 0.15) is 0 Å². The number of halogens is 1. The number of benzene rings is 1. The van der Waals surface area contributed by atoms with Crippen molar-refractivity contribution in [2.24, 2.45) is 17.1 Å². The van der Waals surface area contributed by atoms with E-state index < -0.39 is 6.10 Å². The Morgan fingerprint density at radius 3 is 2.84 bits per heavy atom. The van der Waals surface area contributed by atoms with E-state index in [1.54, 1.807) is 0 Å². The van der Waals surface area contributed by atoms with Gasteiger partial charge in [-0.3, -0.25) is 0 Å². The first kappa shape index (κ1) is 14.8. The predicted octanol–water partition coefficient (Wildman–Crippen LogP) is 3.84. The van der Waals surface area contributed by atoms with Crippen LogP contribution in [0, 0.1) is 18.3 Å². The number of aryl methyl sites for hydroxylation is 1. The van der Waals surface area contributed by atoms with Gasteiger partial charge in [0, 0.05) is 17.0 Å². The second-order valence-corrected chi connectivity index (χ2v) is 6.61. The third kappa shape index (κ3) is 2.96. The van der Waals surface area contributed by atoms with Crippen molar-refractivity contribution >= 4 is 11.6 Å². The summed E-state index contributed by atoms with van der Waals surface area (Å²) in [6.45, 7) is 4.80. The normalized spacial score (nSPS) is 29.2. The Morgan fingerprint density at radius 1 is 1.53 bits per heavy atom. The molecular formula is C16H24ClNO. The van der Waals surface area contributed by atoms with Gasteiger partial charge in [0.05, 0.1) is 6.10 Å². The van der Waals surface area contributed by atoms with Crippen LogP contribution in [0.3, 0.4) is 0 Å². The lowest BCUT2D eigenvalue weighted by Gasteiger charge is -2.43. The average molecular weight is 282 g/mol. The summed E-state index contributed by atoms with van der Waals surface area (Å²) in [5.41, 5.74) is 7.89. The molecule has 19 heavy (non-hydrogen) atoms. The van der Waals surface area contributed by atoms with Crippen LogP contribution in [0.4, 0.5) is 0 Å². The van der Waals surface area contributed by atoms with Crippen molar-refractivity contribution in [3.63, 3.8) is 0 Å². The Kier molecular flexibility index (Phi) is 4.54. The number of rotatable bonds is 3. The molecule has 106 valence electrons. The fraction of sp³-hybridized carbons (Fsp3) is 0.625. The second kappa shape index (κ2) is 5.82. The molecule has 1 aliphatic rings. The number of aliphatic hydroxyl groups excluding tert-OH is 1. The zero-order valence-corrected chi connectivity index (χ0v) is 12.6. The van der Waals surface area contributed by atoms with E-state index in [0.29, 0.717) is 17.5 Å². The Hall–Kier alpha value is -0.570. The summed E-state index contributed by atoms with van der Waals surface area (Å²) in [4.78, 5) is 0. The van der Waals surface area contributed by atoms with E-state index in [1.165, 1.54) is 6.42 Å². The van der Waals surface area contributed by atoms with Crippen LogP contribution in [0.2, 0.25) is 5.02 Å². The summed E-state index contributed by atoms with van der Waals surface area (Å²) in [6, 6.07) is 5.71. The maximum absolute atomic E-state index is 10.9. The lowest BCUT2D eigenvalue weighted by Crippen LogP contribution is -2.40. The smallest absolute Gasteiger partial charge is 0.0860 e. The lowest BCUT2D eigenvalue weighted by molar-refractivity contribution is -0.0134. The van der Waals surface area contributed by atoms with Gasteiger partial charge in [0.15, 0.2) is 0 Å². The van der Waals surface area contributed by atoms with Gasteiger partial charge >= 0.3 is 0 Å². The van der Waals surface area contributed by atoms with Crippen LogP contribution in [0.25, 0.3) is 0 Å². The van der Waals surface area contributed by atoms with E-state index in [-0.39, 0.29) is 5.41 Å². The van der Waals surface area contributed by atoms with Gasteiger partial charge in [-0.25, -0.2) is 0 Å². The van der Waals surface area contributed by atoms with Crippen LogP contribution >= 0.6 is 11.6 Å². The molecule has 2 rings (SSSR count).